The highest BCUT2D eigenvalue weighted by Crippen LogP contribution is 2.62. The van der Waals surface area contributed by atoms with Crippen LogP contribution in [0.1, 0.15) is 95.8 Å². The molecule has 0 unspecified atom stereocenters. The number of piperidine rings is 1. The number of rotatable bonds is 10. The fraction of sp³-hybridized carbons (Fsp3) is 0.622. The van der Waals surface area contributed by atoms with Crippen LogP contribution in [-0.2, 0) is 14.8 Å². The molecule has 2 aromatic rings. The van der Waals surface area contributed by atoms with Crippen molar-refractivity contribution < 1.29 is 22.9 Å². The molecule has 2 aromatic carbocycles. The summed E-state index contributed by atoms with van der Waals surface area (Å²) in [6.07, 6.45) is 9.73. The molecular weight excluding hydrogens is 643 g/mol. The molecule has 0 radical (unpaired) electrons. The van der Waals surface area contributed by atoms with Crippen LogP contribution in [0.3, 0.4) is 0 Å². The number of fused-ring (bicyclic) bond motifs is 2. The number of carbonyl (C=O) groups excluding carboxylic acids is 2. The van der Waals surface area contributed by atoms with E-state index in [1.165, 1.54) is 25.0 Å². The van der Waals surface area contributed by atoms with Crippen LogP contribution in [0.5, 0.6) is 0 Å². The molecule has 49 heavy (non-hydrogen) atoms. The number of nitrogens with zero attached hydrogens (tertiary/aromatic N) is 3. The Morgan fingerprint density at radius 2 is 1.67 bits per heavy atom. The van der Waals surface area contributed by atoms with Crippen molar-refractivity contribution in [3.63, 3.8) is 0 Å². The third-order valence-electron chi connectivity index (χ3n) is 12.4. The van der Waals surface area contributed by atoms with Gasteiger partial charge in [0.2, 0.25) is 5.91 Å². The lowest BCUT2D eigenvalue weighted by Crippen LogP contribution is -2.63. The summed E-state index contributed by atoms with van der Waals surface area (Å²) in [6, 6.07) is 11.0. The molecule has 4 atom stereocenters. The minimum atomic E-state index is -4.36. The number of nitro benzene ring substituents is 1. The van der Waals surface area contributed by atoms with E-state index in [1.807, 2.05) is 0 Å². The van der Waals surface area contributed by atoms with Gasteiger partial charge in [0.25, 0.3) is 21.6 Å². The maximum absolute atomic E-state index is 13.1. The van der Waals surface area contributed by atoms with Gasteiger partial charge in [-0.25, -0.2) is 13.1 Å². The Labute approximate surface area is 290 Å². The fourth-order valence-electron chi connectivity index (χ4n) is 9.34. The molecule has 2 amide bonds. The van der Waals surface area contributed by atoms with Crippen molar-refractivity contribution >= 4 is 38.9 Å². The minimum absolute atomic E-state index is 0.164. The van der Waals surface area contributed by atoms with E-state index >= 15 is 0 Å². The first kappa shape index (κ1) is 35.2. The number of nitro groups is 1. The molecule has 12 heteroatoms. The maximum Gasteiger partial charge on any atom is 0.293 e. The Balaban J connectivity index is 1.05. The van der Waals surface area contributed by atoms with Crippen LogP contribution >= 0.6 is 0 Å². The summed E-state index contributed by atoms with van der Waals surface area (Å²) in [6.45, 7) is 10.9. The van der Waals surface area contributed by atoms with E-state index < -0.39 is 20.9 Å². The van der Waals surface area contributed by atoms with Crippen LogP contribution < -0.4 is 14.9 Å². The highest BCUT2D eigenvalue weighted by Gasteiger charge is 2.58. The topological polar surface area (TPSA) is 142 Å². The summed E-state index contributed by atoms with van der Waals surface area (Å²) >= 11 is 0. The Morgan fingerprint density at radius 3 is 2.27 bits per heavy atom. The lowest BCUT2D eigenvalue weighted by atomic mass is 9.44. The predicted molar refractivity (Wildman–Crippen MR) is 190 cm³/mol. The molecule has 4 aliphatic carbocycles. The zero-order valence-corrected chi connectivity index (χ0v) is 30.0. The van der Waals surface area contributed by atoms with Gasteiger partial charge in [0.15, 0.2) is 0 Å². The molecule has 5 aliphatic rings. The van der Waals surface area contributed by atoms with Crippen molar-refractivity contribution in [2.45, 2.75) is 102 Å². The van der Waals surface area contributed by atoms with Crippen molar-refractivity contribution in [3.8, 4) is 0 Å². The van der Waals surface area contributed by atoms with E-state index in [2.05, 4.69) is 40.6 Å². The molecule has 5 fully saturated rings. The van der Waals surface area contributed by atoms with Crippen LogP contribution in [0.25, 0.3) is 0 Å². The van der Waals surface area contributed by atoms with Crippen LogP contribution in [0.15, 0.2) is 47.4 Å². The Bertz CT molecular complexity index is 1660. The van der Waals surface area contributed by atoms with Gasteiger partial charge in [-0.1, -0.05) is 40.0 Å². The summed E-state index contributed by atoms with van der Waals surface area (Å²) < 4.78 is 28.3. The molecule has 4 saturated carbocycles. The zero-order valence-electron chi connectivity index (χ0n) is 29.2. The predicted octanol–water partition coefficient (Wildman–Crippen LogP) is 6.59. The molecule has 1 saturated heterocycles. The number of sulfonamides is 1. The second-order valence-corrected chi connectivity index (χ2v) is 17.2. The first-order valence-electron chi connectivity index (χ1n) is 18.0. The fourth-order valence-corrected chi connectivity index (χ4v) is 10.3. The zero-order chi connectivity index (χ0) is 35.1. The molecule has 11 nitrogen and oxygen atoms in total. The van der Waals surface area contributed by atoms with Gasteiger partial charge >= 0.3 is 0 Å². The van der Waals surface area contributed by atoms with Crippen LogP contribution in [-0.4, -0.2) is 61.8 Å². The summed E-state index contributed by atoms with van der Waals surface area (Å²) in [4.78, 5) is 41.3. The maximum atomic E-state index is 13.1. The lowest BCUT2D eigenvalue weighted by molar-refractivity contribution is -0.384. The largest absolute Gasteiger partial charge is 0.379 e. The third kappa shape index (κ3) is 7.16. The lowest BCUT2D eigenvalue weighted by Gasteiger charge is -2.64. The second kappa shape index (κ2) is 13.9. The van der Waals surface area contributed by atoms with Crippen LogP contribution in [0.2, 0.25) is 0 Å². The average Bonchev–Trinajstić information content (AvgIpc) is 3.08. The van der Waals surface area contributed by atoms with Crippen molar-refractivity contribution in [2.24, 2.45) is 29.1 Å². The van der Waals surface area contributed by atoms with E-state index in [0.29, 0.717) is 41.7 Å². The molecule has 1 heterocycles. The van der Waals surface area contributed by atoms with Gasteiger partial charge in [0.05, 0.1) is 9.82 Å². The standard InChI is InChI=1S/C37H51N5O6S/c1-24-32-20-28(37(32,3)4)21-34(24)41(25(2)43)30-16-18-40(19-17-30)29-12-10-27(11-13-29)36(44)39-49(47,48)31-14-15-33(35(22-31)42(45)46)38-23-26-8-6-5-7-9-26/h10-15,22,24,26,28,30,32,34,38H,5-9,16-21,23H2,1-4H3,(H,39,44)/t24-,28+,32-,34-/m0/s1. The van der Waals surface area contributed by atoms with Crippen molar-refractivity contribution in [3.05, 3.63) is 58.1 Å². The monoisotopic (exact) mass is 693 g/mol. The first-order chi connectivity index (χ1) is 23.3. The summed E-state index contributed by atoms with van der Waals surface area (Å²) in [5, 5.41) is 15.0. The summed E-state index contributed by atoms with van der Waals surface area (Å²) in [5.41, 5.74) is 1.37. The Hall–Kier alpha value is -3.67. The van der Waals surface area contributed by atoms with Gasteiger partial charge < -0.3 is 15.1 Å². The van der Waals surface area contributed by atoms with Gasteiger partial charge in [0.1, 0.15) is 5.69 Å². The van der Waals surface area contributed by atoms with Crippen LogP contribution in [0, 0.1) is 39.2 Å². The molecule has 1 aliphatic heterocycles. The van der Waals surface area contributed by atoms with E-state index in [1.54, 1.807) is 31.2 Å². The molecule has 2 N–H and O–H groups in total. The second-order valence-electron chi connectivity index (χ2n) is 15.5. The number of amides is 2. The smallest absolute Gasteiger partial charge is 0.293 e. The summed E-state index contributed by atoms with van der Waals surface area (Å²) in [7, 11) is -4.36. The van der Waals surface area contributed by atoms with Gasteiger partial charge in [-0.05, 0) is 104 Å². The van der Waals surface area contributed by atoms with Gasteiger partial charge in [-0.15, -0.1) is 0 Å². The number of carbonyl (C=O) groups is 2. The molecule has 2 bridgehead atoms. The number of hydrogen-bond acceptors (Lipinski definition) is 8. The Morgan fingerprint density at radius 1 is 1.00 bits per heavy atom. The molecule has 7 rings (SSSR count). The SMILES string of the molecule is CC(=O)N(C1CCN(c2ccc(C(=O)NS(=O)(=O)c3ccc(NCC4CCCCC4)c([N+](=O)[O-])c3)cc2)CC1)[C@H]1C[C@H]2C[C@@H]([C@@H]1C)C2(C)C. The van der Waals surface area contributed by atoms with Crippen LogP contribution in [0.4, 0.5) is 17.1 Å². The third-order valence-corrected chi connectivity index (χ3v) is 13.7. The molecular formula is C37H51N5O6S. The van der Waals surface area contributed by atoms with E-state index in [9.17, 15) is 28.1 Å². The van der Waals surface area contributed by atoms with Crippen molar-refractivity contribution in [2.75, 3.05) is 29.9 Å². The van der Waals surface area contributed by atoms with E-state index in [0.717, 1.165) is 69.8 Å². The Kier molecular flexibility index (Phi) is 9.99. The van der Waals surface area contributed by atoms with E-state index in [4.69, 9.17) is 0 Å². The molecule has 0 spiro atoms. The van der Waals surface area contributed by atoms with Crippen molar-refractivity contribution in [1.82, 2.24) is 9.62 Å². The number of hydrogen-bond donors (Lipinski definition) is 2. The highest BCUT2D eigenvalue weighted by atomic mass is 32.2. The molecule has 266 valence electrons. The number of benzene rings is 2. The number of anilines is 2. The number of nitrogens with one attached hydrogen (secondary N) is 2. The highest BCUT2D eigenvalue weighted by molar-refractivity contribution is 7.90. The minimum Gasteiger partial charge on any atom is -0.379 e. The quantitative estimate of drug-likeness (QED) is 0.210. The summed E-state index contributed by atoms with van der Waals surface area (Å²) in [5.74, 6) is 1.63. The van der Waals surface area contributed by atoms with E-state index in [-0.39, 0.29) is 33.8 Å². The van der Waals surface area contributed by atoms with Crippen molar-refractivity contribution in [1.29, 1.82) is 0 Å². The molecule has 0 aromatic heterocycles. The van der Waals surface area contributed by atoms with Gasteiger partial charge in [-0.3, -0.25) is 19.7 Å². The normalized spacial score (nSPS) is 25.6. The van der Waals surface area contributed by atoms with Gasteiger partial charge in [-0.2, -0.15) is 0 Å². The first-order valence-corrected chi connectivity index (χ1v) is 19.5. The average molecular weight is 694 g/mol. The van der Waals surface area contributed by atoms with Gasteiger partial charge in [0, 0.05) is 56.0 Å².